The van der Waals surface area contributed by atoms with Crippen molar-refractivity contribution in [3.63, 3.8) is 0 Å². The molecule has 0 aromatic heterocycles. The lowest BCUT2D eigenvalue weighted by Gasteiger charge is -2.33. The number of rotatable bonds is 4. The second kappa shape index (κ2) is 5.14. The first-order valence-electron chi connectivity index (χ1n) is 4.75. The topological polar surface area (TPSA) is 26.3 Å². The SMILES string of the molecule is CCCC(=O)OCC(C)(C(F)(F)F)C(F)(F)F. The highest BCUT2D eigenvalue weighted by Crippen LogP contribution is 2.50. The van der Waals surface area contributed by atoms with Crippen LogP contribution in [0.15, 0.2) is 0 Å². The molecule has 17 heavy (non-hydrogen) atoms. The molecule has 0 unspecified atom stereocenters. The standard InChI is InChI=1S/C9H12F6O2/c1-3-4-6(16)17-5-7(2,8(10,11)12)9(13,14)15/h3-5H2,1-2H3. The zero-order valence-corrected chi connectivity index (χ0v) is 9.21. The number of halogens is 6. The average Bonchev–Trinajstić information content (AvgIpc) is 2.10. The highest BCUT2D eigenvalue weighted by atomic mass is 19.4. The molecule has 0 N–H and O–H groups in total. The van der Waals surface area contributed by atoms with E-state index in [9.17, 15) is 31.1 Å². The first kappa shape index (κ1) is 16.1. The third-order valence-electron chi connectivity index (χ3n) is 2.23. The van der Waals surface area contributed by atoms with Crippen LogP contribution in [0.4, 0.5) is 26.3 Å². The summed E-state index contributed by atoms with van der Waals surface area (Å²) in [5.41, 5.74) is -4.04. The fourth-order valence-corrected chi connectivity index (χ4v) is 0.826. The van der Waals surface area contributed by atoms with E-state index in [1.165, 1.54) is 0 Å². The zero-order chi connectivity index (χ0) is 13.9. The second-order valence-electron chi connectivity index (χ2n) is 3.74. The van der Waals surface area contributed by atoms with E-state index in [1.54, 1.807) is 6.92 Å². The van der Waals surface area contributed by atoms with Gasteiger partial charge < -0.3 is 4.74 Å². The van der Waals surface area contributed by atoms with Crippen molar-refractivity contribution in [2.75, 3.05) is 6.61 Å². The number of alkyl halides is 6. The van der Waals surface area contributed by atoms with E-state index in [4.69, 9.17) is 0 Å². The molecule has 0 aliphatic rings. The lowest BCUT2D eigenvalue weighted by molar-refractivity contribution is -0.343. The molecule has 0 aromatic carbocycles. The Balaban J connectivity index is 4.82. The Hall–Kier alpha value is -0.950. The molecular weight excluding hydrogens is 254 g/mol. The summed E-state index contributed by atoms with van der Waals surface area (Å²) in [7, 11) is 0. The van der Waals surface area contributed by atoms with Crippen LogP contribution in [0.25, 0.3) is 0 Å². The molecule has 0 radical (unpaired) electrons. The van der Waals surface area contributed by atoms with E-state index in [0.29, 0.717) is 0 Å². The molecule has 0 aliphatic heterocycles. The van der Waals surface area contributed by atoms with Gasteiger partial charge in [-0.25, -0.2) is 0 Å². The smallest absolute Gasteiger partial charge is 0.406 e. The summed E-state index contributed by atoms with van der Waals surface area (Å²) in [5, 5.41) is 0. The normalized spacial score (nSPS) is 13.6. The van der Waals surface area contributed by atoms with E-state index in [2.05, 4.69) is 4.74 Å². The summed E-state index contributed by atoms with van der Waals surface area (Å²) in [4.78, 5) is 10.8. The van der Waals surface area contributed by atoms with Gasteiger partial charge in [0.05, 0.1) is 0 Å². The van der Waals surface area contributed by atoms with Gasteiger partial charge in [0.15, 0.2) is 5.41 Å². The van der Waals surface area contributed by atoms with Crippen LogP contribution >= 0.6 is 0 Å². The van der Waals surface area contributed by atoms with Crippen molar-refractivity contribution >= 4 is 5.97 Å². The van der Waals surface area contributed by atoms with Crippen molar-refractivity contribution in [1.82, 2.24) is 0 Å². The lowest BCUT2D eigenvalue weighted by Crippen LogP contribution is -2.51. The largest absolute Gasteiger partial charge is 0.464 e. The maximum absolute atomic E-state index is 12.3. The highest BCUT2D eigenvalue weighted by Gasteiger charge is 2.68. The Morgan fingerprint density at radius 2 is 1.47 bits per heavy atom. The van der Waals surface area contributed by atoms with Gasteiger partial charge in [-0.15, -0.1) is 0 Å². The Kier molecular flexibility index (Phi) is 4.85. The fourth-order valence-electron chi connectivity index (χ4n) is 0.826. The van der Waals surface area contributed by atoms with Crippen molar-refractivity contribution in [1.29, 1.82) is 0 Å². The van der Waals surface area contributed by atoms with Crippen LogP contribution in [-0.4, -0.2) is 24.9 Å². The Morgan fingerprint density at radius 1 is 1.06 bits per heavy atom. The van der Waals surface area contributed by atoms with Gasteiger partial charge in [0.1, 0.15) is 6.61 Å². The van der Waals surface area contributed by atoms with Crippen LogP contribution in [0.5, 0.6) is 0 Å². The van der Waals surface area contributed by atoms with Gasteiger partial charge >= 0.3 is 18.3 Å². The summed E-state index contributed by atoms with van der Waals surface area (Å²) in [5.74, 6) is -1.08. The second-order valence-corrected chi connectivity index (χ2v) is 3.74. The molecule has 8 heteroatoms. The average molecular weight is 266 g/mol. The molecule has 2 nitrogen and oxygen atoms in total. The fraction of sp³-hybridized carbons (Fsp3) is 0.889. The van der Waals surface area contributed by atoms with E-state index in [-0.39, 0.29) is 19.8 Å². The van der Waals surface area contributed by atoms with Crippen LogP contribution in [0, 0.1) is 5.41 Å². The van der Waals surface area contributed by atoms with Gasteiger partial charge in [0.25, 0.3) is 0 Å². The Bertz CT molecular complexity index is 254. The minimum absolute atomic E-state index is 0.0355. The minimum atomic E-state index is -5.53. The molecule has 0 fully saturated rings. The molecule has 0 aliphatic carbocycles. The van der Waals surface area contributed by atoms with Gasteiger partial charge in [-0.05, 0) is 13.3 Å². The molecule has 0 spiro atoms. The van der Waals surface area contributed by atoms with Crippen molar-refractivity contribution in [3.05, 3.63) is 0 Å². The van der Waals surface area contributed by atoms with Gasteiger partial charge in [-0.2, -0.15) is 26.3 Å². The van der Waals surface area contributed by atoms with Crippen molar-refractivity contribution < 1.29 is 35.9 Å². The van der Waals surface area contributed by atoms with E-state index in [1.807, 2.05) is 0 Å². The summed E-state index contributed by atoms with van der Waals surface area (Å²) in [6.07, 6.45) is -11.0. The number of hydrogen-bond acceptors (Lipinski definition) is 2. The maximum atomic E-state index is 12.3. The van der Waals surface area contributed by atoms with Gasteiger partial charge in [-0.1, -0.05) is 6.92 Å². The Morgan fingerprint density at radius 3 is 1.76 bits per heavy atom. The van der Waals surface area contributed by atoms with E-state index >= 15 is 0 Å². The molecule has 0 atom stereocenters. The van der Waals surface area contributed by atoms with Crippen LogP contribution in [0.2, 0.25) is 0 Å². The first-order valence-corrected chi connectivity index (χ1v) is 4.75. The van der Waals surface area contributed by atoms with Crippen molar-refractivity contribution in [2.45, 2.75) is 39.0 Å². The number of carbonyl (C=O) groups excluding carboxylic acids is 1. The van der Waals surface area contributed by atoms with E-state index in [0.717, 1.165) is 0 Å². The quantitative estimate of drug-likeness (QED) is 0.575. The molecule has 0 rings (SSSR count). The third kappa shape index (κ3) is 3.78. The van der Waals surface area contributed by atoms with Gasteiger partial charge in [-0.3, -0.25) is 4.79 Å². The third-order valence-corrected chi connectivity index (χ3v) is 2.23. The molecule has 0 bridgehead atoms. The van der Waals surface area contributed by atoms with Crippen molar-refractivity contribution in [2.24, 2.45) is 5.41 Å². The van der Waals surface area contributed by atoms with Crippen LogP contribution < -0.4 is 0 Å². The zero-order valence-electron chi connectivity index (χ0n) is 9.21. The lowest BCUT2D eigenvalue weighted by atomic mass is 9.90. The van der Waals surface area contributed by atoms with Crippen LogP contribution in [0.1, 0.15) is 26.7 Å². The number of esters is 1. The molecule has 0 heterocycles. The molecular formula is C9H12F6O2. The number of hydrogen-bond donors (Lipinski definition) is 0. The monoisotopic (exact) mass is 266 g/mol. The summed E-state index contributed by atoms with van der Waals surface area (Å²) in [6, 6.07) is 0. The van der Waals surface area contributed by atoms with Crippen LogP contribution in [-0.2, 0) is 9.53 Å². The van der Waals surface area contributed by atoms with Gasteiger partial charge in [0, 0.05) is 6.42 Å². The molecule has 102 valence electrons. The van der Waals surface area contributed by atoms with E-state index < -0.39 is 30.3 Å². The maximum Gasteiger partial charge on any atom is 0.406 e. The highest BCUT2D eigenvalue weighted by molar-refractivity contribution is 5.69. The summed E-state index contributed by atoms with van der Waals surface area (Å²) >= 11 is 0. The minimum Gasteiger partial charge on any atom is -0.464 e. The molecule has 0 amide bonds. The predicted molar refractivity (Wildman–Crippen MR) is 46.1 cm³/mol. The van der Waals surface area contributed by atoms with Gasteiger partial charge in [0.2, 0.25) is 0 Å². The predicted octanol–water partition coefficient (Wildman–Crippen LogP) is 3.46. The number of ether oxygens (including phenoxy) is 1. The first-order chi connectivity index (χ1) is 7.45. The number of carbonyl (C=O) groups is 1. The summed E-state index contributed by atoms with van der Waals surface area (Å²) in [6.45, 7) is -0.237. The van der Waals surface area contributed by atoms with Crippen molar-refractivity contribution in [3.8, 4) is 0 Å². The molecule has 0 saturated heterocycles. The summed E-state index contributed by atoms with van der Waals surface area (Å²) < 4.78 is 78.0. The molecule has 0 aromatic rings. The Labute approximate surface area is 93.9 Å². The van der Waals surface area contributed by atoms with Crippen LogP contribution in [0.3, 0.4) is 0 Å². The molecule has 0 saturated carbocycles.